The van der Waals surface area contributed by atoms with Crippen LogP contribution >= 0.6 is 0 Å². The van der Waals surface area contributed by atoms with Crippen molar-refractivity contribution in [2.75, 3.05) is 0 Å². The van der Waals surface area contributed by atoms with E-state index in [-0.39, 0.29) is 18.9 Å². The van der Waals surface area contributed by atoms with Crippen molar-refractivity contribution in [2.24, 2.45) is 5.41 Å². The summed E-state index contributed by atoms with van der Waals surface area (Å²) in [6.07, 6.45) is 26.2. The largest absolute Gasteiger partial charge is 1.00 e. The molecule has 0 heterocycles. The predicted molar refractivity (Wildman–Crippen MR) is 79.6 cm³/mol. The summed E-state index contributed by atoms with van der Waals surface area (Å²) >= 11 is 0. The zero-order valence-electron chi connectivity index (χ0n) is 12.5. The van der Waals surface area contributed by atoms with E-state index in [0.29, 0.717) is 5.41 Å². The standard InChI is InChI=1S/C20H17.Li/c1-2-12-20(11-1)13-10-16-7-6-14-4-3-5-15-8-9-17(20)19(16)18(14)15;/h3-10,13H,1-2,11-12H2;/q;+1. The molecule has 0 saturated heterocycles. The molecular weight excluding hydrogens is 247 g/mol. The third-order valence-electron chi connectivity index (χ3n) is 5.42. The number of hydrogen-bond acceptors (Lipinski definition) is 0. The Morgan fingerprint density at radius 1 is 0.714 bits per heavy atom. The molecule has 97 valence electrons. The van der Waals surface area contributed by atoms with Crippen LogP contribution in [0.4, 0.5) is 0 Å². The van der Waals surface area contributed by atoms with Gasteiger partial charge in [0.2, 0.25) is 0 Å². The number of rotatable bonds is 0. The summed E-state index contributed by atoms with van der Waals surface area (Å²) in [4.78, 5) is 0. The second kappa shape index (κ2) is 5.46. The van der Waals surface area contributed by atoms with Crippen LogP contribution < -0.4 is 18.9 Å². The van der Waals surface area contributed by atoms with Gasteiger partial charge in [-0.25, -0.2) is 0 Å². The van der Waals surface area contributed by atoms with Gasteiger partial charge in [-0.2, -0.15) is 0 Å². The van der Waals surface area contributed by atoms with Gasteiger partial charge in [-0.15, -0.1) is 0 Å². The van der Waals surface area contributed by atoms with Crippen LogP contribution in [-0.2, 0) is 0 Å². The molecule has 5 rings (SSSR count). The van der Waals surface area contributed by atoms with Gasteiger partial charge in [0.05, 0.1) is 0 Å². The van der Waals surface area contributed by atoms with Gasteiger partial charge in [0.15, 0.2) is 0 Å². The fourth-order valence-corrected chi connectivity index (χ4v) is 4.44. The molecular formula is C20H17Li+. The monoisotopic (exact) mass is 264 g/mol. The topological polar surface area (TPSA) is 0 Å². The Kier molecular flexibility index (Phi) is 3.87. The van der Waals surface area contributed by atoms with Crippen LogP contribution in [0.1, 0.15) is 25.7 Å². The molecule has 0 nitrogen and oxygen atoms in total. The first-order valence-corrected chi connectivity index (χ1v) is 7.68. The van der Waals surface area contributed by atoms with Gasteiger partial charge < -0.3 is 0 Å². The van der Waals surface area contributed by atoms with Crippen molar-refractivity contribution >= 4 is 0 Å². The average molecular weight is 264 g/mol. The maximum atomic E-state index is 2.49. The minimum absolute atomic E-state index is 0. The average Bonchev–Trinajstić information content (AvgIpc) is 2.96. The SMILES string of the molecule is [CH]1[CH][C]2[CH][CH][C]3C=CC4(CCCC4)[C]4[CH][CH][C]([CH]1)[C]2[C]34.[Li+]. The number of fused-ring (bicyclic) bond motifs is 1. The maximum absolute atomic E-state index is 2.49. The molecule has 13 radical (unpaired) electrons. The molecule has 0 unspecified atom stereocenters. The van der Waals surface area contributed by atoms with Crippen LogP contribution in [0.25, 0.3) is 0 Å². The fraction of sp³-hybridized carbons (Fsp3) is 0.250. The maximum Gasteiger partial charge on any atom is 1.00 e. The van der Waals surface area contributed by atoms with Gasteiger partial charge in [0.1, 0.15) is 0 Å². The molecule has 4 fully saturated rings. The molecule has 5 aliphatic rings. The zero-order chi connectivity index (χ0) is 13.2. The van der Waals surface area contributed by atoms with Crippen molar-refractivity contribution < 1.29 is 18.9 Å². The summed E-state index contributed by atoms with van der Waals surface area (Å²) < 4.78 is 0. The predicted octanol–water partition coefficient (Wildman–Crippen LogP) is 1.04. The van der Waals surface area contributed by atoms with Crippen molar-refractivity contribution in [1.29, 1.82) is 0 Å². The molecule has 4 saturated carbocycles. The number of allylic oxidation sites excluding steroid dienone is 2. The molecule has 1 heteroatoms. The van der Waals surface area contributed by atoms with Gasteiger partial charge in [-0.05, 0) is 86.9 Å². The van der Waals surface area contributed by atoms with E-state index in [2.05, 4.69) is 57.1 Å². The molecule has 0 aromatic rings. The third kappa shape index (κ3) is 2.08. The van der Waals surface area contributed by atoms with Crippen molar-refractivity contribution in [2.45, 2.75) is 25.7 Å². The summed E-state index contributed by atoms with van der Waals surface area (Å²) in [7, 11) is 0. The Hall–Kier alpha value is 0.337. The molecule has 1 spiro atoms. The van der Waals surface area contributed by atoms with Gasteiger partial charge in [0, 0.05) is 11.8 Å². The van der Waals surface area contributed by atoms with Crippen molar-refractivity contribution in [3.63, 3.8) is 0 Å². The van der Waals surface area contributed by atoms with E-state index < -0.39 is 0 Å². The quantitative estimate of drug-likeness (QED) is 0.574. The summed E-state index contributed by atoms with van der Waals surface area (Å²) in [5.41, 5.74) is 0.325. The Morgan fingerprint density at radius 2 is 1.38 bits per heavy atom. The first-order valence-electron chi connectivity index (χ1n) is 7.68. The molecule has 0 N–H and O–H groups in total. The Labute approximate surface area is 142 Å². The molecule has 5 aliphatic carbocycles. The molecule has 0 bridgehead atoms. The second-order valence-electron chi connectivity index (χ2n) is 6.42. The summed E-state index contributed by atoms with van der Waals surface area (Å²) in [5, 5.41) is 0. The molecule has 0 atom stereocenters. The Morgan fingerprint density at radius 3 is 2.14 bits per heavy atom. The molecule has 0 aromatic heterocycles. The van der Waals surface area contributed by atoms with Crippen molar-refractivity contribution in [1.82, 2.24) is 0 Å². The van der Waals surface area contributed by atoms with E-state index >= 15 is 0 Å². The van der Waals surface area contributed by atoms with Crippen molar-refractivity contribution in [3.8, 4) is 0 Å². The van der Waals surface area contributed by atoms with E-state index in [0.717, 1.165) is 0 Å². The van der Waals surface area contributed by atoms with Crippen LogP contribution in [0, 0.1) is 85.9 Å². The van der Waals surface area contributed by atoms with Crippen LogP contribution in [-0.4, -0.2) is 0 Å². The second-order valence-corrected chi connectivity index (χ2v) is 6.42. The minimum Gasteiger partial charge on any atom is -0.0811 e. The van der Waals surface area contributed by atoms with E-state index in [1.54, 1.807) is 5.92 Å². The minimum atomic E-state index is 0. The van der Waals surface area contributed by atoms with Crippen LogP contribution in [0.5, 0.6) is 0 Å². The Balaban J connectivity index is 0.00000115. The van der Waals surface area contributed by atoms with Gasteiger partial charge >= 0.3 is 18.9 Å². The van der Waals surface area contributed by atoms with Gasteiger partial charge in [-0.1, -0.05) is 25.0 Å². The van der Waals surface area contributed by atoms with Crippen molar-refractivity contribution in [3.05, 3.63) is 92.6 Å². The zero-order valence-corrected chi connectivity index (χ0v) is 12.5. The summed E-state index contributed by atoms with van der Waals surface area (Å²) in [5.74, 6) is 8.74. The molecule has 0 aromatic carbocycles. The third-order valence-corrected chi connectivity index (χ3v) is 5.42. The first-order chi connectivity index (χ1) is 9.87. The first kappa shape index (κ1) is 14.9. The fourth-order valence-electron chi connectivity index (χ4n) is 4.44. The summed E-state index contributed by atoms with van der Waals surface area (Å²) in [6.45, 7) is 0. The number of hydrogen-bond donors (Lipinski definition) is 0. The van der Waals surface area contributed by atoms with Gasteiger partial charge in [-0.3, -0.25) is 0 Å². The summed E-state index contributed by atoms with van der Waals surface area (Å²) in [6, 6.07) is 0. The van der Waals surface area contributed by atoms with E-state index in [9.17, 15) is 0 Å². The van der Waals surface area contributed by atoms with E-state index in [1.165, 1.54) is 55.3 Å². The van der Waals surface area contributed by atoms with Crippen LogP contribution in [0.3, 0.4) is 0 Å². The van der Waals surface area contributed by atoms with E-state index in [4.69, 9.17) is 0 Å². The van der Waals surface area contributed by atoms with Crippen LogP contribution in [0.2, 0.25) is 0 Å². The molecule has 21 heavy (non-hydrogen) atoms. The van der Waals surface area contributed by atoms with Crippen LogP contribution in [0.15, 0.2) is 12.2 Å². The van der Waals surface area contributed by atoms with E-state index in [1.807, 2.05) is 0 Å². The normalized spacial score (nSPS) is 34.1. The molecule has 0 amide bonds. The smallest absolute Gasteiger partial charge is 0.0811 e. The van der Waals surface area contributed by atoms with Gasteiger partial charge in [0.25, 0.3) is 0 Å². The Bertz CT molecular complexity index is 414. The molecule has 0 aliphatic heterocycles.